The predicted molar refractivity (Wildman–Crippen MR) is 87.5 cm³/mol. The first-order chi connectivity index (χ1) is 10.1. The SMILES string of the molecule is CCCCCCCC(C)NCc1cccc([N+](=O)[O-])c1C. The Hall–Kier alpha value is -1.42. The Morgan fingerprint density at radius 1 is 1.24 bits per heavy atom. The van der Waals surface area contributed by atoms with Crippen molar-refractivity contribution >= 4 is 5.69 Å². The fourth-order valence-electron chi connectivity index (χ4n) is 2.50. The van der Waals surface area contributed by atoms with E-state index in [4.69, 9.17) is 0 Å². The average Bonchev–Trinajstić information content (AvgIpc) is 2.45. The van der Waals surface area contributed by atoms with Gasteiger partial charge < -0.3 is 5.32 Å². The molecular weight excluding hydrogens is 264 g/mol. The molecule has 4 heteroatoms. The highest BCUT2D eigenvalue weighted by atomic mass is 16.6. The zero-order valence-electron chi connectivity index (χ0n) is 13.5. The van der Waals surface area contributed by atoms with Crippen molar-refractivity contribution in [3.05, 3.63) is 39.4 Å². The van der Waals surface area contributed by atoms with E-state index in [1.165, 1.54) is 32.1 Å². The zero-order valence-corrected chi connectivity index (χ0v) is 13.5. The highest BCUT2D eigenvalue weighted by Crippen LogP contribution is 2.21. The molecule has 0 aliphatic rings. The third-order valence-electron chi connectivity index (χ3n) is 4.00. The van der Waals surface area contributed by atoms with Crippen molar-refractivity contribution in [2.75, 3.05) is 0 Å². The Kier molecular flexibility index (Phi) is 7.98. The molecule has 1 aromatic rings. The van der Waals surface area contributed by atoms with Gasteiger partial charge in [-0.25, -0.2) is 0 Å². The van der Waals surface area contributed by atoms with Crippen molar-refractivity contribution in [3.8, 4) is 0 Å². The lowest BCUT2D eigenvalue weighted by Gasteiger charge is -2.15. The summed E-state index contributed by atoms with van der Waals surface area (Å²) in [6, 6.07) is 5.74. The van der Waals surface area contributed by atoms with Gasteiger partial charge in [0.1, 0.15) is 0 Å². The minimum absolute atomic E-state index is 0.210. The van der Waals surface area contributed by atoms with E-state index in [1.807, 2.05) is 13.0 Å². The second-order valence-corrected chi connectivity index (χ2v) is 5.80. The van der Waals surface area contributed by atoms with Crippen LogP contribution in [0.25, 0.3) is 0 Å². The van der Waals surface area contributed by atoms with Gasteiger partial charge in [0.15, 0.2) is 0 Å². The number of hydrogen-bond acceptors (Lipinski definition) is 3. The molecule has 0 radical (unpaired) electrons. The van der Waals surface area contributed by atoms with Gasteiger partial charge in [-0.05, 0) is 25.8 Å². The van der Waals surface area contributed by atoms with Crippen molar-refractivity contribution < 1.29 is 4.92 Å². The largest absolute Gasteiger partial charge is 0.310 e. The molecule has 1 rings (SSSR count). The van der Waals surface area contributed by atoms with E-state index < -0.39 is 0 Å². The van der Waals surface area contributed by atoms with Crippen LogP contribution in [0, 0.1) is 17.0 Å². The van der Waals surface area contributed by atoms with Crippen LogP contribution in [0.1, 0.15) is 63.5 Å². The molecule has 0 aromatic heterocycles. The van der Waals surface area contributed by atoms with Crippen molar-refractivity contribution in [3.63, 3.8) is 0 Å². The molecule has 0 amide bonds. The summed E-state index contributed by atoms with van der Waals surface area (Å²) >= 11 is 0. The van der Waals surface area contributed by atoms with Gasteiger partial charge in [-0.1, -0.05) is 51.2 Å². The Morgan fingerprint density at radius 2 is 1.95 bits per heavy atom. The molecule has 0 fully saturated rings. The summed E-state index contributed by atoms with van der Waals surface area (Å²) in [5.74, 6) is 0. The highest BCUT2D eigenvalue weighted by Gasteiger charge is 2.13. The standard InChI is InChI=1S/C17H28N2O2/c1-4-5-6-7-8-10-14(2)18-13-16-11-9-12-17(15(16)3)19(20)21/h9,11-12,14,18H,4-8,10,13H2,1-3H3. The topological polar surface area (TPSA) is 55.2 Å². The number of nitro groups is 1. The third-order valence-corrected chi connectivity index (χ3v) is 4.00. The lowest BCUT2D eigenvalue weighted by atomic mass is 10.0. The fourth-order valence-corrected chi connectivity index (χ4v) is 2.50. The van der Waals surface area contributed by atoms with E-state index in [0.29, 0.717) is 12.6 Å². The summed E-state index contributed by atoms with van der Waals surface area (Å²) in [6.07, 6.45) is 7.65. The molecule has 21 heavy (non-hydrogen) atoms. The molecule has 0 aliphatic carbocycles. The van der Waals surface area contributed by atoms with Crippen molar-refractivity contribution in [1.82, 2.24) is 5.32 Å². The molecule has 1 atom stereocenters. The maximum atomic E-state index is 10.9. The van der Waals surface area contributed by atoms with Gasteiger partial charge in [0.25, 0.3) is 5.69 Å². The number of nitrogens with zero attached hydrogens (tertiary/aromatic N) is 1. The fraction of sp³-hybridized carbons (Fsp3) is 0.647. The number of nitro benzene ring substituents is 1. The van der Waals surface area contributed by atoms with Gasteiger partial charge in [-0.3, -0.25) is 10.1 Å². The summed E-state index contributed by atoms with van der Waals surface area (Å²) in [5.41, 5.74) is 1.99. The molecule has 1 unspecified atom stereocenters. The lowest BCUT2D eigenvalue weighted by Crippen LogP contribution is -2.25. The monoisotopic (exact) mass is 292 g/mol. The van der Waals surface area contributed by atoms with Crippen LogP contribution in [0.15, 0.2) is 18.2 Å². The van der Waals surface area contributed by atoms with E-state index in [-0.39, 0.29) is 10.6 Å². The minimum Gasteiger partial charge on any atom is -0.310 e. The van der Waals surface area contributed by atoms with Crippen molar-refractivity contribution in [2.24, 2.45) is 0 Å². The molecule has 0 bridgehead atoms. The second-order valence-electron chi connectivity index (χ2n) is 5.80. The van der Waals surface area contributed by atoms with E-state index in [9.17, 15) is 10.1 Å². The van der Waals surface area contributed by atoms with Crippen LogP contribution in [-0.4, -0.2) is 11.0 Å². The van der Waals surface area contributed by atoms with Crippen LogP contribution in [-0.2, 0) is 6.54 Å². The molecule has 0 saturated carbocycles. The van der Waals surface area contributed by atoms with Crippen LogP contribution in [0.3, 0.4) is 0 Å². The number of benzene rings is 1. The van der Waals surface area contributed by atoms with Gasteiger partial charge in [0, 0.05) is 24.2 Å². The Bertz CT molecular complexity index is 446. The van der Waals surface area contributed by atoms with Gasteiger partial charge in [-0.15, -0.1) is 0 Å². The first kappa shape index (κ1) is 17.6. The first-order valence-corrected chi connectivity index (χ1v) is 8.02. The number of hydrogen-bond donors (Lipinski definition) is 1. The van der Waals surface area contributed by atoms with Crippen LogP contribution in [0.4, 0.5) is 5.69 Å². The summed E-state index contributed by atoms with van der Waals surface area (Å²) in [4.78, 5) is 10.6. The van der Waals surface area contributed by atoms with Crippen LogP contribution >= 0.6 is 0 Å². The molecule has 0 spiro atoms. The summed E-state index contributed by atoms with van der Waals surface area (Å²) < 4.78 is 0. The maximum Gasteiger partial charge on any atom is 0.272 e. The van der Waals surface area contributed by atoms with Gasteiger partial charge >= 0.3 is 0 Å². The molecule has 1 N–H and O–H groups in total. The summed E-state index contributed by atoms with van der Waals surface area (Å²) in [5, 5.41) is 14.4. The van der Waals surface area contributed by atoms with E-state index >= 15 is 0 Å². The van der Waals surface area contributed by atoms with E-state index in [1.54, 1.807) is 12.1 Å². The predicted octanol–water partition coefficient (Wildman–Crippen LogP) is 4.74. The molecule has 4 nitrogen and oxygen atoms in total. The third kappa shape index (κ3) is 6.25. The molecular formula is C17H28N2O2. The average molecular weight is 292 g/mol. The quantitative estimate of drug-likeness (QED) is 0.385. The molecule has 0 heterocycles. The van der Waals surface area contributed by atoms with E-state index in [0.717, 1.165) is 17.5 Å². The molecule has 0 saturated heterocycles. The minimum atomic E-state index is -0.310. The van der Waals surface area contributed by atoms with Crippen molar-refractivity contribution in [2.45, 2.75) is 71.9 Å². The second kappa shape index (κ2) is 9.50. The Balaban J connectivity index is 2.38. The molecule has 0 aliphatic heterocycles. The Morgan fingerprint density at radius 3 is 2.62 bits per heavy atom. The summed E-state index contributed by atoms with van der Waals surface area (Å²) in [7, 11) is 0. The van der Waals surface area contributed by atoms with Crippen LogP contribution in [0.2, 0.25) is 0 Å². The lowest BCUT2D eigenvalue weighted by molar-refractivity contribution is -0.385. The molecule has 1 aromatic carbocycles. The smallest absolute Gasteiger partial charge is 0.272 e. The van der Waals surface area contributed by atoms with Gasteiger partial charge in [0.2, 0.25) is 0 Å². The number of rotatable bonds is 10. The number of nitrogens with one attached hydrogen (secondary N) is 1. The normalized spacial score (nSPS) is 12.3. The molecule has 118 valence electrons. The Labute approximate surface area is 128 Å². The van der Waals surface area contributed by atoms with Gasteiger partial charge in [0.05, 0.1) is 4.92 Å². The summed E-state index contributed by atoms with van der Waals surface area (Å²) in [6.45, 7) is 6.94. The van der Waals surface area contributed by atoms with Crippen molar-refractivity contribution in [1.29, 1.82) is 0 Å². The van der Waals surface area contributed by atoms with Crippen LogP contribution < -0.4 is 5.32 Å². The van der Waals surface area contributed by atoms with Gasteiger partial charge in [-0.2, -0.15) is 0 Å². The van der Waals surface area contributed by atoms with Crippen LogP contribution in [0.5, 0.6) is 0 Å². The first-order valence-electron chi connectivity index (χ1n) is 8.02. The maximum absolute atomic E-state index is 10.9. The van der Waals surface area contributed by atoms with E-state index in [2.05, 4.69) is 19.2 Å². The highest BCUT2D eigenvalue weighted by molar-refractivity contribution is 5.44. The number of unbranched alkanes of at least 4 members (excludes halogenated alkanes) is 4. The zero-order chi connectivity index (χ0) is 15.7.